The van der Waals surface area contributed by atoms with Crippen LogP contribution in [0.2, 0.25) is 0 Å². The Morgan fingerprint density at radius 1 is 1.31 bits per heavy atom. The van der Waals surface area contributed by atoms with Gasteiger partial charge in [0.15, 0.2) is 0 Å². The highest BCUT2D eigenvalue weighted by Gasteiger charge is 2.19. The molecule has 0 spiro atoms. The van der Waals surface area contributed by atoms with Crippen LogP contribution in [0, 0.1) is 0 Å². The standard InChI is InChI=1S/C12H12O4/c1-3-7-5-6-9(11(13)14)8(4-2)10(7)12(15)16/h3,5-6H,1,4H2,2H3,(H,13,14)(H,15,16). The maximum Gasteiger partial charge on any atom is 0.336 e. The Bertz CT molecular complexity index is 460. The van der Waals surface area contributed by atoms with Crippen LogP contribution in [0.15, 0.2) is 18.7 Å². The lowest BCUT2D eigenvalue weighted by Gasteiger charge is -2.10. The van der Waals surface area contributed by atoms with Crippen molar-refractivity contribution in [2.45, 2.75) is 13.3 Å². The average molecular weight is 220 g/mol. The molecule has 84 valence electrons. The molecule has 0 bridgehead atoms. The lowest BCUT2D eigenvalue weighted by atomic mass is 9.94. The molecule has 0 aromatic heterocycles. The molecule has 16 heavy (non-hydrogen) atoms. The van der Waals surface area contributed by atoms with E-state index in [1.807, 2.05) is 0 Å². The predicted molar refractivity (Wildman–Crippen MR) is 59.8 cm³/mol. The van der Waals surface area contributed by atoms with Crippen molar-refractivity contribution in [2.75, 3.05) is 0 Å². The summed E-state index contributed by atoms with van der Waals surface area (Å²) in [5.74, 6) is -2.25. The highest BCUT2D eigenvalue weighted by Crippen LogP contribution is 2.21. The topological polar surface area (TPSA) is 74.6 Å². The van der Waals surface area contributed by atoms with Gasteiger partial charge in [-0.15, -0.1) is 0 Å². The second-order valence-electron chi connectivity index (χ2n) is 3.22. The zero-order valence-corrected chi connectivity index (χ0v) is 8.86. The monoisotopic (exact) mass is 220 g/mol. The van der Waals surface area contributed by atoms with Crippen molar-refractivity contribution in [2.24, 2.45) is 0 Å². The summed E-state index contributed by atoms with van der Waals surface area (Å²) in [5.41, 5.74) is 0.828. The van der Waals surface area contributed by atoms with Gasteiger partial charge in [-0.05, 0) is 23.6 Å². The molecule has 0 atom stereocenters. The van der Waals surface area contributed by atoms with Crippen molar-refractivity contribution < 1.29 is 19.8 Å². The second kappa shape index (κ2) is 4.61. The number of carboxylic acid groups (broad SMARTS) is 2. The molecule has 1 aromatic carbocycles. The third-order valence-corrected chi connectivity index (χ3v) is 2.36. The van der Waals surface area contributed by atoms with Crippen LogP contribution in [0.25, 0.3) is 6.08 Å². The minimum atomic E-state index is -1.13. The number of hydrogen-bond donors (Lipinski definition) is 2. The van der Waals surface area contributed by atoms with Crippen LogP contribution >= 0.6 is 0 Å². The van der Waals surface area contributed by atoms with E-state index in [2.05, 4.69) is 6.58 Å². The van der Waals surface area contributed by atoms with Crippen LogP contribution in [0.4, 0.5) is 0 Å². The second-order valence-corrected chi connectivity index (χ2v) is 3.22. The van der Waals surface area contributed by atoms with E-state index in [0.29, 0.717) is 17.5 Å². The minimum Gasteiger partial charge on any atom is -0.478 e. The first-order valence-corrected chi connectivity index (χ1v) is 4.77. The highest BCUT2D eigenvalue weighted by molar-refractivity contribution is 5.99. The summed E-state index contributed by atoms with van der Waals surface area (Å²) in [6.45, 7) is 5.24. The van der Waals surface area contributed by atoms with Crippen molar-refractivity contribution in [3.63, 3.8) is 0 Å². The van der Waals surface area contributed by atoms with Crippen LogP contribution in [-0.4, -0.2) is 22.2 Å². The summed E-state index contributed by atoms with van der Waals surface area (Å²) >= 11 is 0. The van der Waals surface area contributed by atoms with E-state index < -0.39 is 11.9 Å². The van der Waals surface area contributed by atoms with E-state index in [4.69, 9.17) is 10.2 Å². The lowest BCUT2D eigenvalue weighted by molar-refractivity contribution is 0.0695. The Morgan fingerprint density at radius 2 is 1.94 bits per heavy atom. The first-order valence-electron chi connectivity index (χ1n) is 4.77. The number of aromatic carboxylic acids is 2. The molecule has 0 saturated heterocycles. The molecule has 4 heteroatoms. The summed E-state index contributed by atoms with van der Waals surface area (Å²) in [6.07, 6.45) is 1.76. The number of rotatable bonds is 4. The largest absolute Gasteiger partial charge is 0.478 e. The Kier molecular flexibility index (Phi) is 3.45. The molecular weight excluding hydrogens is 208 g/mol. The fourth-order valence-electron chi connectivity index (χ4n) is 1.66. The van der Waals surface area contributed by atoms with Gasteiger partial charge in [0.2, 0.25) is 0 Å². The lowest BCUT2D eigenvalue weighted by Crippen LogP contribution is -2.11. The van der Waals surface area contributed by atoms with Gasteiger partial charge in [-0.1, -0.05) is 25.6 Å². The predicted octanol–water partition coefficient (Wildman–Crippen LogP) is 2.29. The van der Waals surface area contributed by atoms with Crippen LogP contribution in [0.5, 0.6) is 0 Å². The molecular formula is C12H12O4. The third-order valence-electron chi connectivity index (χ3n) is 2.36. The maximum absolute atomic E-state index is 11.1. The van der Waals surface area contributed by atoms with E-state index in [0.717, 1.165) is 0 Å². The van der Waals surface area contributed by atoms with Crippen molar-refractivity contribution >= 4 is 18.0 Å². The molecule has 0 aliphatic heterocycles. The summed E-state index contributed by atoms with van der Waals surface area (Å²) in [7, 11) is 0. The van der Waals surface area contributed by atoms with Crippen LogP contribution in [0.1, 0.15) is 38.8 Å². The molecule has 1 aromatic rings. The smallest absolute Gasteiger partial charge is 0.336 e. The third kappa shape index (κ3) is 1.95. The van der Waals surface area contributed by atoms with Gasteiger partial charge < -0.3 is 10.2 Å². The van der Waals surface area contributed by atoms with Crippen LogP contribution in [0.3, 0.4) is 0 Å². The number of benzene rings is 1. The van der Waals surface area contributed by atoms with Crippen molar-refractivity contribution in [1.29, 1.82) is 0 Å². The Morgan fingerprint density at radius 3 is 2.31 bits per heavy atom. The molecule has 1 rings (SSSR count). The number of hydrogen-bond acceptors (Lipinski definition) is 2. The quantitative estimate of drug-likeness (QED) is 0.816. The summed E-state index contributed by atoms with van der Waals surface area (Å²) in [4.78, 5) is 22.0. The molecule has 0 aliphatic rings. The maximum atomic E-state index is 11.1. The van der Waals surface area contributed by atoms with E-state index in [9.17, 15) is 9.59 Å². The zero-order valence-electron chi connectivity index (χ0n) is 8.86. The van der Waals surface area contributed by atoms with Gasteiger partial charge in [0.25, 0.3) is 0 Å². The van der Waals surface area contributed by atoms with Crippen molar-refractivity contribution in [3.05, 3.63) is 41.0 Å². The first kappa shape index (κ1) is 12.0. The molecule has 0 saturated carbocycles. The van der Waals surface area contributed by atoms with E-state index in [1.165, 1.54) is 18.2 Å². The van der Waals surface area contributed by atoms with Crippen LogP contribution in [-0.2, 0) is 6.42 Å². The van der Waals surface area contributed by atoms with E-state index in [1.54, 1.807) is 6.92 Å². The van der Waals surface area contributed by atoms with Gasteiger partial charge in [-0.25, -0.2) is 9.59 Å². The number of carboxylic acids is 2. The minimum absolute atomic E-state index is 0.0254. The van der Waals surface area contributed by atoms with Gasteiger partial charge in [-0.2, -0.15) is 0 Å². The molecule has 0 fully saturated rings. The number of carbonyl (C=O) groups is 2. The SMILES string of the molecule is C=Cc1ccc(C(=O)O)c(CC)c1C(=O)O. The van der Waals surface area contributed by atoms with Gasteiger partial charge in [0.05, 0.1) is 11.1 Å². The fraction of sp³-hybridized carbons (Fsp3) is 0.167. The summed E-state index contributed by atoms with van der Waals surface area (Å²) < 4.78 is 0. The van der Waals surface area contributed by atoms with Gasteiger partial charge >= 0.3 is 11.9 Å². The molecule has 0 heterocycles. The molecule has 2 N–H and O–H groups in total. The Labute approximate surface area is 92.8 Å². The summed E-state index contributed by atoms with van der Waals surface area (Å²) in [6, 6.07) is 2.86. The van der Waals surface area contributed by atoms with Crippen molar-refractivity contribution in [3.8, 4) is 0 Å². The molecule has 4 nitrogen and oxygen atoms in total. The fourth-order valence-corrected chi connectivity index (χ4v) is 1.66. The Hall–Kier alpha value is -2.10. The first-order chi connectivity index (χ1) is 7.52. The van der Waals surface area contributed by atoms with Crippen LogP contribution < -0.4 is 0 Å². The van der Waals surface area contributed by atoms with Crippen molar-refractivity contribution in [1.82, 2.24) is 0 Å². The molecule has 0 amide bonds. The van der Waals surface area contributed by atoms with Gasteiger partial charge in [0.1, 0.15) is 0 Å². The Balaban J connectivity index is 3.62. The zero-order chi connectivity index (χ0) is 12.3. The van der Waals surface area contributed by atoms with Gasteiger partial charge in [-0.3, -0.25) is 0 Å². The summed E-state index contributed by atoms with van der Waals surface area (Å²) in [5, 5.41) is 18.0. The normalized spacial score (nSPS) is 9.81. The average Bonchev–Trinajstić information content (AvgIpc) is 2.26. The van der Waals surface area contributed by atoms with E-state index >= 15 is 0 Å². The molecule has 0 unspecified atom stereocenters. The molecule has 0 radical (unpaired) electrons. The van der Waals surface area contributed by atoms with E-state index in [-0.39, 0.29) is 11.1 Å². The molecule has 0 aliphatic carbocycles. The highest BCUT2D eigenvalue weighted by atomic mass is 16.4. The van der Waals surface area contributed by atoms with Gasteiger partial charge in [0, 0.05) is 0 Å².